The number of nitrogens with zero attached hydrogens (tertiary/aromatic N) is 2. The Labute approximate surface area is 144 Å². The molecule has 3 aromatic rings. The van der Waals surface area contributed by atoms with Gasteiger partial charge in [-0.1, -0.05) is 35.5 Å². The number of benzene rings is 1. The van der Waals surface area contributed by atoms with Crippen LogP contribution in [0.5, 0.6) is 0 Å². The molecular weight excluding hydrogens is 322 g/mol. The van der Waals surface area contributed by atoms with E-state index in [0.29, 0.717) is 22.3 Å². The number of nitrogens with one attached hydrogen (secondary N) is 1. The van der Waals surface area contributed by atoms with Gasteiger partial charge >= 0.3 is 5.97 Å². The molecule has 0 saturated carbocycles. The highest BCUT2D eigenvalue weighted by Crippen LogP contribution is 2.27. The number of ether oxygens (including phenoxy) is 1. The van der Waals surface area contributed by atoms with Crippen molar-refractivity contribution in [3.05, 3.63) is 47.7 Å². The van der Waals surface area contributed by atoms with Crippen molar-refractivity contribution < 1.29 is 18.8 Å². The monoisotopic (exact) mass is 339 g/mol. The maximum atomic E-state index is 12.7. The second-order valence-electron chi connectivity index (χ2n) is 5.59. The van der Waals surface area contributed by atoms with Gasteiger partial charge in [-0.15, -0.1) is 0 Å². The van der Waals surface area contributed by atoms with Gasteiger partial charge in [0.1, 0.15) is 6.04 Å². The lowest BCUT2D eigenvalue weighted by molar-refractivity contribution is -0.142. The third kappa shape index (κ3) is 3.21. The van der Waals surface area contributed by atoms with Crippen molar-refractivity contribution in [2.45, 2.75) is 19.9 Å². The minimum Gasteiger partial charge on any atom is -0.467 e. The fraction of sp³-hybridized carbons (Fsp3) is 0.222. The molecule has 0 radical (unpaired) electrons. The normalized spacial score (nSPS) is 12.0. The predicted molar refractivity (Wildman–Crippen MR) is 90.9 cm³/mol. The zero-order chi connectivity index (χ0) is 18.0. The summed E-state index contributed by atoms with van der Waals surface area (Å²) in [5.41, 5.74) is 2.60. The molecular formula is C18H17N3O4. The van der Waals surface area contributed by atoms with Gasteiger partial charge in [0.2, 0.25) is 0 Å². The third-order valence-electron chi connectivity index (χ3n) is 3.83. The minimum absolute atomic E-state index is 0.273. The molecule has 25 heavy (non-hydrogen) atoms. The number of fused-ring (bicyclic) bond motifs is 1. The Kier molecular flexibility index (Phi) is 4.47. The lowest BCUT2D eigenvalue weighted by Crippen LogP contribution is -2.39. The molecule has 0 aliphatic heterocycles. The third-order valence-corrected chi connectivity index (χ3v) is 3.83. The van der Waals surface area contributed by atoms with Gasteiger partial charge in [-0.05, 0) is 19.9 Å². The highest BCUT2D eigenvalue weighted by atomic mass is 16.5. The van der Waals surface area contributed by atoms with Crippen LogP contribution in [0.3, 0.4) is 0 Å². The van der Waals surface area contributed by atoms with Crippen LogP contribution < -0.4 is 5.32 Å². The highest BCUT2D eigenvalue weighted by molar-refractivity contribution is 6.07. The van der Waals surface area contributed by atoms with Crippen LogP contribution in [0.1, 0.15) is 23.0 Å². The van der Waals surface area contributed by atoms with Crippen LogP contribution in [-0.4, -0.2) is 35.2 Å². The van der Waals surface area contributed by atoms with Crippen LogP contribution in [0, 0.1) is 6.92 Å². The molecule has 0 saturated heterocycles. The summed E-state index contributed by atoms with van der Waals surface area (Å²) >= 11 is 0. The second-order valence-corrected chi connectivity index (χ2v) is 5.59. The van der Waals surface area contributed by atoms with Gasteiger partial charge in [-0.2, -0.15) is 0 Å². The van der Waals surface area contributed by atoms with Crippen LogP contribution in [0.4, 0.5) is 0 Å². The molecule has 0 bridgehead atoms. The summed E-state index contributed by atoms with van der Waals surface area (Å²) < 4.78 is 9.88. The van der Waals surface area contributed by atoms with Crippen molar-refractivity contribution >= 4 is 23.0 Å². The Balaban J connectivity index is 2.08. The average Bonchev–Trinajstić information content (AvgIpc) is 3.02. The van der Waals surface area contributed by atoms with E-state index in [1.165, 1.54) is 7.11 Å². The molecule has 7 nitrogen and oxygen atoms in total. The minimum atomic E-state index is -0.777. The number of pyridine rings is 1. The largest absolute Gasteiger partial charge is 0.467 e. The number of aryl methyl sites for hydroxylation is 1. The Morgan fingerprint density at radius 3 is 2.64 bits per heavy atom. The maximum Gasteiger partial charge on any atom is 0.328 e. The van der Waals surface area contributed by atoms with Crippen molar-refractivity contribution in [1.29, 1.82) is 0 Å². The number of carbonyl (C=O) groups is 2. The summed E-state index contributed by atoms with van der Waals surface area (Å²) in [6, 6.07) is 10.3. The standard InChI is InChI=1S/C18H17N3O4/c1-10-15-13(16(22)19-11(2)18(23)24-3)9-14(20-17(15)25-21-10)12-7-5-4-6-8-12/h4-9,11H,1-3H3,(H,19,22). The van der Waals surface area contributed by atoms with E-state index in [0.717, 1.165) is 5.56 Å². The van der Waals surface area contributed by atoms with Gasteiger partial charge in [0.05, 0.1) is 29.4 Å². The zero-order valence-electron chi connectivity index (χ0n) is 14.1. The van der Waals surface area contributed by atoms with E-state index in [1.807, 2.05) is 30.3 Å². The first-order chi connectivity index (χ1) is 12.0. The Morgan fingerprint density at radius 2 is 1.96 bits per heavy atom. The molecule has 3 rings (SSSR count). The molecule has 1 amide bonds. The average molecular weight is 339 g/mol. The SMILES string of the molecule is COC(=O)C(C)NC(=O)c1cc(-c2ccccc2)nc2onc(C)c12. The molecule has 1 N–H and O–H groups in total. The Bertz CT molecular complexity index is 934. The molecule has 1 atom stereocenters. The van der Waals surface area contributed by atoms with Gasteiger partial charge in [0.25, 0.3) is 11.6 Å². The number of aromatic nitrogens is 2. The summed E-state index contributed by atoms with van der Waals surface area (Å²) in [5.74, 6) is -0.947. The lowest BCUT2D eigenvalue weighted by Gasteiger charge is -2.12. The number of amides is 1. The van der Waals surface area contributed by atoms with Gasteiger partial charge in [0, 0.05) is 5.56 Å². The quantitative estimate of drug-likeness (QED) is 0.734. The smallest absolute Gasteiger partial charge is 0.328 e. The molecule has 0 aliphatic rings. The van der Waals surface area contributed by atoms with Crippen molar-refractivity contribution in [3.63, 3.8) is 0 Å². The van der Waals surface area contributed by atoms with E-state index < -0.39 is 17.9 Å². The zero-order valence-corrected chi connectivity index (χ0v) is 14.1. The van der Waals surface area contributed by atoms with Crippen molar-refractivity contribution in [2.24, 2.45) is 0 Å². The van der Waals surface area contributed by atoms with Crippen LogP contribution in [0.2, 0.25) is 0 Å². The predicted octanol–water partition coefficient (Wildman–Crippen LogP) is 2.49. The fourth-order valence-corrected chi connectivity index (χ4v) is 2.54. The molecule has 128 valence electrons. The molecule has 2 heterocycles. The first-order valence-electron chi connectivity index (χ1n) is 7.72. The van der Waals surface area contributed by atoms with E-state index in [1.54, 1.807) is 19.9 Å². The summed E-state index contributed by atoms with van der Waals surface area (Å²) in [6.07, 6.45) is 0. The first-order valence-corrected chi connectivity index (χ1v) is 7.72. The molecule has 0 aliphatic carbocycles. The number of rotatable bonds is 4. The van der Waals surface area contributed by atoms with Crippen LogP contribution in [0.15, 0.2) is 40.9 Å². The Hall–Kier alpha value is -3.22. The number of carbonyl (C=O) groups excluding carboxylic acids is 2. The molecule has 7 heteroatoms. The van der Waals surface area contributed by atoms with Crippen molar-refractivity contribution in [2.75, 3.05) is 7.11 Å². The van der Waals surface area contributed by atoms with Crippen molar-refractivity contribution in [3.8, 4) is 11.3 Å². The molecule has 1 unspecified atom stereocenters. The first kappa shape index (κ1) is 16.6. The summed E-state index contributed by atoms with van der Waals surface area (Å²) in [6.45, 7) is 3.29. The van der Waals surface area contributed by atoms with E-state index in [-0.39, 0.29) is 5.71 Å². The number of hydrogen-bond acceptors (Lipinski definition) is 6. The van der Waals surface area contributed by atoms with Gasteiger partial charge in [0.15, 0.2) is 0 Å². The molecule has 2 aromatic heterocycles. The van der Waals surface area contributed by atoms with E-state index in [9.17, 15) is 9.59 Å². The van der Waals surface area contributed by atoms with Gasteiger partial charge in [-0.3, -0.25) is 4.79 Å². The highest BCUT2D eigenvalue weighted by Gasteiger charge is 2.22. The van der Waals surface area contributed by atoms with Crippen LogP contribution in [-0.2, 0) is 9.53 Å². The van der Waals surface area contributed by atoms with Gasteiger partial charge < -0.3 is 14.6 Å². The Morgan fingerprint density at radius 1 is 1.24 bits per heavy atom. The number of esters is 1. The summed E-state index contributed by atoms with van der Waals surface area (Å²) in [5, 5.41) is 7.04. The molecule has 0 fully saturated rings. The van der Waals surface area contributed by atoms with Crippen molar-refractivity contribution in [1.82, 2.24) is 15.5 Å². The number of hydrogen-bond donors (Lipinski definition) is 1. The lowest BCUT2D eigenvalue weighted by atomic mass is 10.0. The summed E-state index contributed by atoms with van der Waals surface area (Å²) in [7, 11) is 1.27. The van der Waals surface area contributed by atoms with Gasteiger partial charge in [-0.25, -0.2) is 9.78 Å². The topological polar surface area (TPSA) is 94.3 Å². The van der Waals surface area contributed by atoms with E-state index in [4.69, 9.17) is 4.52 Å². The maximum absolute atomic E-state index is 12.7. The summed E-state index contributed by atoms with van der Waals surface area (Å²) in [4.78, 5) is 28.7. The second kappa shape index (κ2) is 6.72. The number of methoxy groups -OCH3 is 1. The van der Waals surface area contributed by atoms with Crippen LogP contribution >= 0.6 is 0 Å². The molecule has 0 spiro atoms. The van der Waals surface area contributed by atoms with E-state index >= 15 is 0 Å². The molecule has 1 aromatic carbocycles. The van der Waals surface area contributed by atoms with Crippen LogP contribution in [0.25, 0.3) is 22.4 Å². The van der Waals surface area contributed by atoms with E-state index in [2.05, 4.69) is 20.2 Å². The fourth-order valence-electron chi connectivity index (χ4n) is 2.54.